The number of esters is 1. The summed E-state index contributed by atoms with van der Waals surface area (Å²) >= 11 is 5.67. The van der Waals surface area contributed by atoms with Gasteiger partial charge in [-0.15, -0.1) is 0 Å². The Hall–Kier alpha value is -1.60. The first kappa shape index (κ1) is 10.5. The van der Waals surface area contributed by atoms with Gasteiger partial charge in [-0.25, -0.2) is 0 Å². The van der Waals surface area contributed by atoms with E-state index in [9.17, 15) is 4.79 Å². The minimum atomic E-state index is -0.946. The van der Waals surface area contributed by atoms with E-state index in [1.165, 1.54) is 25.4 Å². The predicted molar refractivity (Wildman–Crippen MR) is 49.4 cm³/mol. The van der Waals surface area contributed by atoms with E-state index in [1.54, 1.807) is 0 Å². The van der Waals surface area contributed by atoms with E-state index in [0.29, 0.717) is 10.6 Å². The molecule has 0 spiro atoms. The summed E-state index contributed by atoms with van der Waals surface area (Å²) in [4.78, 5) is 14.4. The molecule has 14 heavy (non-hydrogen) atoms. The molecule has 0 bridgehead atoms. The van der Waals surface area contributed by atoms with E-state index >= 15 is 0 Å². The van der Waals surface area contributed by atoms with Crippen LogP contribution in [0.5, 0.6) is 0 Å². The van der Waals surface area contributed by atoms with E-state index in [4.69, 9.17) is 21.6 Å². The third-order valence-corrected chi connectivity index (χ3v) is 1.64. The van der Waals surface area contributed by atoms with Crippen molar-refractivity contribution in [2.45, 2.75) is 13.0 Å². The van der Waals surface area contributed by atoms with E-state index in [2.05, 4.69) is 4.98 Å². The third-order valence-electron chi connectivity index (χ3n) is 1.43. The van der Waals surface area contributed by atoms with Crippen LogP contribution in [0, 0.1) is 11.3 Å². The molecule has 0 amide bonds. The summed E-state index contributed by atoms with van der Waals surface area (Å²) in [6.07, 6.45) is 1.93. The fourth-order valence-electron chi connectivity index (χ4n) is 0.907. The van der Waals surface area contributed by atoms with Crippen LogP contribution in [-0.4, -0.2) is 11.0 Å². The van der Waals surface area contributed by atoms with Gasteiger partial charge in [0.2, 0.25) is 6.10 Å². The fourth-order valence-corrected chi connectivity index (χ4v) is 1.09. The minimum absolute atomic E-state index is 0.398. The predicted octanol–water partition coefficient (Wildman–Crippen LogP) is 1.86. The van der Waals surface area contributed by atoms with E-state index in [-0.39, 0.29) is 0 Å². The Bertz CT molecular complexity index is 387. The maximum atomic E-state index is 10.6. The lowest BCUT2D eigenvalue weighted by molar-refractivity contribution is -0.144. The molecule has 1 aromatic rings. The molecule has 0 aliphatic rings. The second-order valence-electron chi connectivity index (χ2n) is 2.56. The Labute approximate surface area is 86.1 Å². The first-order valence-electron chi connectivity index (χ1n) is 3.80. The van der Waals surface area contributed by atoms with Crippen molar-refractivity contribution in [3.8, 4) is 6.07 Å². The molecule has 5 heteroatoms. The molecule has 0 aliphatic heterocycles. The molecule has 1 rings (SSSR count). The van der Waals surface area contributed by atoms with Crippen molar-refractivity contribution in [3.63, 3.8) is 0 Å². The van der Waals surface area contributed by atoms with E-state index in [1.807, 2.05) is 6.07 Å². The molecule has 0 aliphatic carbocycles. The number of halogens is 1. The van der Waals surface area contributed by atoms with Gasteiger partial charge in [0.1, 0.15) is 6.07 Å². The van der Waals surface area contributed by atoms with Crippen molar-refractivity contribution >= 4 is 17.6 Å². The molecule has 1 atom stereocenters. The lowest BCUT2D eigenvalue weighted by Crippen LogP contribution is -2.06. The summed E-state index contributed by atoms with van der Waals surface area (Å²) in [6.45, 7) is 1.24. The highest BCUT2D eigenvalue weighted by Gasteiger charge is 2.13. The molecule has 0 fully saturated rings. The number of rotatable bonds is 2. The normalized spacial score (nSPS) is 11.5. The van der Waals surface area contributed by atoms with Gasteiger partial charge in [0.05, 0.1) is 5.02 Å². The number of carbonyl (C=O) groups excluding carboxylic acids is 1. The number of pyridine rings is 1. The standard InChI is InChI=1S/C9H7ClN2O2/c1-6(13)14-9(3-11)7-2-8(10)5-12-4-7/h2,4-5,9H,1H3. The Kier molecular flexibility index (Phi) is 3.43. The molecule has 1 heterocycles. The number of hydrogen-bond donors (Lipinski definition) is 0. The lowest BCUT2D eigenvalue weighted by atomic mass is 10.2. The van der Waals surface area contributed by atoms with Gasteiger partial charge in [0, 0.05) is 24.9 Å². The molecular formula is C9H7ClN2O2. The Balaban J connectivity index is 2.90. The number of ether oxygens (including phenoxy) is 1. The first-order valence-corrected chi connectivity index (χ1v) is 4.18. The van der Waals surface area contributed by atoms with Crippen molar-refractivity contribution < 1.29 is 9.53 Å². The highest BCUT2D eigenvalue weighted by molar-refractivity contribution is 6.30. The van der Waals surface area contributed by atoms with Crippen LogP contribution in [0.2, 0.25) is 5.02 Å². The molecular weight excluding hydrogens is 204 g/mol. The van der Waals surface area contributed by atoms with E-state index in [0.717, 1.165) is 0 Å². The van der Waals surface area contributed by atoms with Gasteiger partial charge >= 0.3 is 5.97 Å². The largest absolute Gasteiger partial charge is 0.442 e. The second kappa shape index (κ2) is 4.58. The van der Waals surface area contributed by atoms with Crippen LogP contribution < -0.4 is 0 Å². The number of carbonyl (C=O) groups is 1. The van der Waals surface area contributed by atoms with Crippen LogP contribution in [0.1, 0.15) is 18.6 Å². The van der Waals surface area contributed by atoms with E-state index < -0.39 is 12.1 Å². The van der Waals surface area contributed by atoms with Crippen molar-refractivity contribution in [1.29, 1.82) is 5.26 Å². The summed E-state index contributed by atoms with van der Waals surface area (Å²) in [5.74, 6) is -0.517. The summed E-state index contributed by atoms with van der Waals surface area (Å²) < 4.78 is 4.74. The molecule has 1 unspecified atom stereocenters. The van der Waals surface area contributed by atoms with Crippen LogP contribution in [0.25, 0.3) is 0 Å². The molecule has 4 nitrogen and oxygen atoms in total. The SMILES string of the molecule is CC(=O)OC(C#N)c1cncc(Cl)c1. The average molecular weight is 211 g/mol. The summed E-state index contributed by atoms with van der Waals surface area (Å²) in [6, 6.07) is 3.37. The summed E-state index contributed by atoms with van der Waals surface area (Å²) in [5, 5.41) is 9.12. The molecule has 0 N–H and O–H groups in total. The first-order chi connectivity index (χ1) is 6.63. The Morgan fingerprint density at radius 3 is 2.93 bits per heavy atom. The smallest absolute Gasteiger partial charge is 0.304 e. The van der Waals surface area contributed by atoms with Crippen molar-refractivity contribution in [2.75, 3.05) is 0 Å². The van der Waals surface area contributed by atoms with Gasteiger partial charge in [-0.05, 0) is 6.07 Å². The summed E-state index contributed by atoms with van der Waals surface area (Å²) in [5.41, 5.74) is 0.468. The van der Waals surface area contributed by atoms with Gasteiger partial charge in [-0.2, -0.15) is 5.26 Å². The highest BCUT2D eigenvalue weighted by atomic mass is 35.5. The topological polar surface area (TPSA) is 63.0 Å². The van der Waals surface area contributed by atoms with Gasteiger partial charge in [-0.1, -0.05) is 11.6 Å². The highest BCUT2D eigenvalue weighted by Crippen LogP contribution is 2.18. The number of hydrogen-bond acceptors (Lipinski definition) is 4. The van der Waals surface area contributed by atoms with Gasteiger partial charge in [-0.3, -0.25) is 9.78 Å². The van der Waals surface area contributed by atoms with Crippen molar-refractivity contribution in [2.24, 2.45) is 0 Å². The molecule has 72 valence electrons. The monoisotopic (exact) mass is 210 g/mol. The maximum Gasteiger partial charge on any atom is 0.304 e. The van der Waals surface area contributed by atoms with Crippen LogP contribution in [0.15, 0.2) is 18.5 Å². The second-order valence-corrected chi connectivity index (χ2v) is 2.99. The van der Waals surface area contributed by atoms with Gasteiger partial charge < -0.3 is 4.74 Å². The Morgan fingerprint density at radius 1 is 1.71 bits per heavy atom. The molecule has 0 saturated heterocycles. The zero-order chi connectivity index (χ0) is 10.6. The maximum absolute atomic E-state index is 10.6. The van der Waals surface area contributed by atoms with Crippen molar-refractivity contribution in [1.82, 2.24) is 4.98 Å². The van der Waals surface area contributed by atoms with Crippen LogP contribution in [-0.2, 0) is 9.53 Å². The van der Waals surface area contributed by atoms with Crippen LogP contribution >= 0.6 is 11.6 Å². The molecule has 1 aromatic heterocycles. The molecule has 0 saturated carbocycles. The Morgan fingerprint density at radius 2 is 2.43 bits per heavy atom. The zero-order valence-corrected chi connectivity index (χ0v) is 8.15. The van der Waals surface area contributed by atoms with Gasteiger partial charge in [0.25, 0.3) is 0 Å². The number of nitriles is 1. The van der Waals surface area contributed by atoms with Crippen LogP contribution in [0.3, 0.4) is 0 Å². The summed E-state index contributed by atoms with van der Waals surface area (Å²) in [7, 11) is 0. The number of aromatic nitrogens is 1. The lowest BCUT2D eigenvalue weighted by Gasteiger charge is -2.08. The zero-order valence-electron chi connectivity index (χ0n) is 7.40. The minimum Gasteiger partial charge on any atom is -0.442 e. The van der Waals surface area contributed by atoms with Gasteiger partial charge in [0.15, 0.2) is 0 Å². The van der Waals surface area contributed by atoms with Crippen molar-refractivity contribution in [3.05, 3.63) is 29.0 Å². The fraction of sp³-hybridized carbons (Fsp3) is 0.222. The average Bonchev–Trinajstić information content (AvgIpc) is 2.14. The van der Waals surface area contributed by atoms with Crippen LogP contribution in [0.4, 0.5) is 0 Å². The molecule has 0 radical (unpaired) electrons. The quantitative estimate of drug-likeness (QED) is 0.699. The third kappa shape index (κ3) is 2.71. The number of nitrogens with zero attached hydrogens (tertiary/aromatic N) is 2. The molecule has 0 aromatic carbocycles.